The van der Waals surface area contributed by atoms with Gasteiger partial charge in [-0.1, -0.05) is 0 Å². The summed E-state index contributed by atoms with van der Waals surface area (Å²) in [7, 11) is 1.48. The van der Waals surface area contributed by atoms with Crippen molar-refractivity contribution < 1.29 is 19.5 Å². The van der Waals surface area contributed by atoms with E-state index in [-0.39, 0.29) is 17.8 Å². The minimum absolute atomic E-state index is 0.0916. The molecule has 2 N–H and O–H groups in total. The number of anilines is 1. The summed E-state index contributed by atoms with van der Waals surface area (Å²) in [6.07, 6.45) is -0.295. The summed E-state index contributed by atoms with van der Waals surface area (Å²) in [5.41, 5.74) is 3.66. The van der Waals surface area contributed by atoms with Crippen LogP contribution >= 0.6 is 15.9 Å². The van der Waals surface area contributed by atoms with Crippen molar-refractivity contribution in [3.05, 3.63) is 22.2 Å². The van der Waals surface area contributed by atoms with E-state index in [0.29, 0.717) is 23.2 Å². The second-order valence-corrected chi connectivity index (χ2v) is 7.14. The van der Waals surface area contributed by atoms with Crippen molar-refractivity contribution in [2.75, 3.05) is 25.7 Å². The van der Waals surface area contributed by atoms with Crippen molar-refractivity contribution in [3.8, 4) is 5.75 Å². The number of amides is 1. The van der Waals surface area contributed by atoms with Crippen molar-refractivity contribution in [3.63, 3.8) is 0 Å². The van der Waals surface area contributed by atoms with Crippen LogP contribution in [0.25, 0.3) is 0 Å². The number of hydrogen-bond acceptors (Lipinski definition) is 5. The van der Waals surface area contributed by atoms with Gasteiger partial charge in [-0.15, -0.1) is 0 Å². The van der Waals surface area contributed by atoms with Crippen molar-refractivity contribution in [2.45, 2.75) is 32.3 Å². The molecule has 122 valence electrons. The number of aromatic hydroxyl groups is 1. The van der Waals surface area contributed by atoms with Crippen molar-refractivity contribution in [1.29, 1.82) is 0 Å². The van der Waals surface area contributed by atoms with Gasteiger partial charge in [0.25, 0.3) is 0 Å². The highest BCUT2D eigenvalue weighted by molar-refractivity contribution is 9.10. The number of hydrogen-bond donors (Lipinski definition) is 2. The lowest BCUT2D eigenvalue weighted by Gasteiger charge is -2.40. The Balaban J connectivity index is 2.03. The maximum atomic E-state index is 11.9. The summed E-state index contributed by atoms with van der Waals surface area (Å²) in [6.45, 7) is 6.74. The van der Waals surface area contributed by atoms with Gasteiger partial charge in [0.2, 0.25) is 0 Å². The van der Waals surface area contributed by atoms with Crippen LogP contribution in [0.4, 0.5) is 10.5 Å². The first kappa shape index (κ1) is 16.9. The van der Waals surface area contributed by atoms with Crippen LogP contribution in [-0.4, -0.2) is 41.9 Å². The number of nitrogens with zero attached hydrogens (tertiary/aromatic N) is 1. The molecule has 0 bridgehead atoms. The molecule has 0 atom stereocenters. The predicted octanol–water partition coefficient (Wildman–Crippen LogP) is 3.46. The highest BCUT2D eigenvalue weighted by Gasteiger charge is 2.35. The number of ether oxygens (including phenoxy) is 1. The first-order valence-corrected chi connectivity index (χ1v) is 7.80. The molecule has 0 radical (unpaired) electrons. The Labute approximate surface area is 138 Å². The van der Waals surface area contributed by atoms with Gasteiger partial charge in [0.15, 0.2) is 5.75 Å². The van der Waals surface area contributed by atoms with Crippen LogP contribution in [0.3, 0.4) is 0 Å². The summed E-state index contributed by atoms with van der Waals surface area (Å²) in [5.74, 6) is 0.302. The van der Waals surface area contributed by atoms with Crippen LogP contribution in [0.15, 0.2) is 16.6 Å². The number of benzene rings is 1. The number of phenolic OH excluding ortho intramolecular Hbond substituents is 1. The molecule has 1 fully saturated rings. The van der Waals surface area contributed by atoms with E-state index in [1.807, 2.05) is 32.9 Å². The van der Waals surface area contributed by atoms with E-state index in [0.717, 1.165) is 5.56 Å². The highest BCUT2D eigenvalue weighted by Crippen LogP contribution is 2.38. The lowest BCUT2D eigenvalue weighted by Crippen LogP contribution is -2.50. The van der Waals surface area contributed by atoms with E-state index in [9.17, 15) is 9.90 Å². The minimum atomic E-state index is -0.487. The normalized spacial score (nSPS) is 15.4. The van der Waals surface area contributed by atoms with Crippen LogP contribution in [0.1, 0.15) is 32.3 Å². The Morgan fingerprint density at radius 3 is 2.59 bits per heavy atom. The lowest BCUT2D eigenvalue weighted by atomic mass is 9.91. The van der Waals surface area contributed by atoms with Gasteiger partial charge < -0.3 is 14.7 Å². The predicted molar refractivity (Wildman–Crippen MR) is 87.0 cm³/mol. The van der Waals surface area contributed by atoms with E-state index < -0.39 is 5.60 Å². The van der Waals surface area contributed by atoms with Crippen molar-refractivity contribution >= 4 is 27.7 Å². The summed E-state index contributed by atoms with van der Waals surface area (Å²) in [5, 5.41) is 9.92. The minimum Gasteiger partial charge on any atom is -0.505 e. The SMILES string of the molecule is CONc1cc(C2CN(C(=O)OC(C)(C)C)C2)cc(Br)c1O. The van der Waals surface area contributed by atoms with Gasteiger partial charge in [0.05, 0.1) is 11.6 Å². The van der Waals surface area contributed by atoms with Gasteiger partial charge in [-0.2, -0.15) is 0 Å². The van der Waals surface area contributed by atoms with Gasteiger partial charge in [-0.3, -0.25) is 10.3 Å². The molecule has 2 rings (SSSR count). The fourth-order valence-electron chi connectivity index (χ4n) is 2.21. The second-order valence-electron chi connectivity index (χ2n) is 6.29. The average Bonchev–Trinajstić information content (AvgIpc) is 2.31. The molecule has 0 spiro atoms. The molecule has 0 aromatic heterocycles. The molecule has 1 amide bonds. The van der Waals surface area contributed by atoms with Crippen molar-refractivity contribution in [2.24, 2.45) is 0 Å². The third-order valence-corrected chi connectivity index (χ3v) is 3.91. The number of nitrogens with one attached hydrogen (secondary N) is 1. The zero-order valence-electron chi connectivity index (χ0n) is 13.1. The Morgan fingerprint density at radius 1 is 1.41 bits per heavy atom. The van der Waals surface area contributed by atoms with E-state index in [4.69, 9.17) is 9.57 Å². The largest absolute Gasteiger partial charge is 0.505 e. The van der Waals surface area contributed by atoms with E-state index in [1.54, 1.807) is 4.90 Å². The molecule has 1 aliphatic heterocycles. The molecule has 1 aromatic rings. The smallest absolute Gasteiger partial charge is 0.410 e. The third kappa shape index (κ3) is 3.84. The highest BCUT2D eigenvalue weighted by atomic mass is 79.9. The molecule has 1 heterocycles. The Morgan fingerprint density at radius 2 is 2.05 bits per heavy atom. The number of likely N-dealkylation sites (tertiary alicyclic amines) is 1. The first-order valence-electron chi connectivity index (χ1n) is 7.00. The maximum absolute atomic E-state index is 11.9. The molecule has 1 saturated heterocycles. The molecule has 7 heteroatoms. The van der Waals surface area contributed by atoms with Gasteiger partial charge in [-0.05, 0) is 54.4 Å². The number of carbonyl (C=O) groups is 1. The standard InChI is InChI=1S/C15H21BrN2O4/c1-15(2,3)22-14(20)18-7-10(8-18)9-5-11(16)13(19)12(6-9)17-21-4/h5-6,10,17,19H,7-8H2,1-4H3. The third-order valence-electron chi connectivity index (χ3n) is 3.30. The summed E-state index contributed by atoms with van der Waals surface area (Å²) < 4.78 is 5.92. The van der Waals surface area contributed by atoms with Gasteiger partial charge in [-0.25, -0.2) is 4.79 Å². The zero-order valence-corrected chi connectivity index (χ0v) is 14.7. The van der Waals surface area contributed by atoms with Crippen LogP contribution in [0.2, 0.25) is 0 Å². The van der Waals surface area contributed by atoms with Gasteiger partial charge in [0.1, 0.15) is 11.3 Å². The molecule has 0 saturated carbocycles. The monoisotopic (exact) mass is 372 g/mol. The summed E-state index contributed by atoms with van der Waals surface area (Å²) >= 11 is 3.32. The number of carbonyl (C=O) groups excluding carboxylic acids is 1. The second kappa shape index (κ2) is 6.34. The van der Waals surface area contributed by atoms with Gasteiger partial charge in [0, 0.05) is 19.0 Å². The molecule has 1 aliphatic rings. The molecule has 1 aromatic carbocycles. The molecule has 6 nitrogen and oxygen atoms in total. The number of halogens is 1. The topological polar surface area (TPSA) is 71.0 Å². The Kier molecular flexibility index (Phi) is 4.87. The van der Waals surface area contributed by atoms with E-state index in [2.05, 4.69) is 21.4 Å². The van der Waals surface area contributed by atoms with Crippen LogP contribution in [0, 0.1) is 0 Å². The summed E-state index contributed by atoms with van der Waals surface area (Å²) in [6, 6.07) is 3.67. The molecular formula is C15H21BrN2O4. The van der Waals surface area contributed by atoms with E-state index in [1.165, 1.54) is 7.11 Å². The Hall–Kier alpha value is -1.47. The fraction of sp³-hybridized carbons (Fsp3) is 0.533. The number of rotatable bonds is 3. The maximum Gasteiger partial charge on any atom is 0.410 e. The van der Waals surface area contributed by atoms with Gasteiger partial charge >= 0.3 is 6.09 Å². The lowest BCUT2D eigenvalue weighted by molar-refractivity contribution is 0.00818. The molecule has 22 heavy (non-hydrogen) atoms. The average molecular weight is 373 g/mol. The Bertz CT molecular complexity index is 565. The van der Waals surface area contributed by atoms with Crippen LogP contribution in [0.5, 0.6) is 5.75 Å². The van der Waals surface area contributed by atoms with E-state index >= 15 is 0 Å². The summed E-state index contributed by atoms with van der Waals surface area (Å²) in [4.78, 5) is 18.4. The zero-order chi connectivity index (χ0) is 16.5. The van der Waals surface area contributed by atoms with Crippen LogP contribution in [-0.2, 0) is 9.57 Å². The number of phenols is 1. The molecule has 0 aliphatic carbocycles. The molecular weight excluding hydrogens is 352 g/mol. The molecule has 0 unspecified atom stereocenters. The quantitative estimate of drug-likeness (QED) is 0.627. The first-order chi connectivity index (χ1) is 10.2. The fourth-order valence-corrected chi connectivity index (χ4v) is 2.69. The van der Waals surface area contributed by atoms with Crippen molar-refractivity contribution in [1.82, 2.24) is 4.90 Å². The van der Waals surface area contributed by atoms with Crippen LogP contribution < -0.4 is 5.48 Å².